The lowest BCUT2D eigenvalue weighted by atomic mass is 10.1. The number of hydrogen-bond acceptors (Lipinski definition) is 4. The Bertz CT molecular complexity index is 781. The minimum atomic E-state index is 0.384. The van der Waals surface area contributed by atoms with E-state index in [2.05, 4.69) is 46.4 Å². The van der Waals surface area contributed by atoms with Crippen molar-refractivity contribution in [3.05, 3.63) is 27.7 Å². The van der Waals surface area contributed by atoms with Crippen molar-refractivity contribution in [2.75, 3.05) is 19.3 Å². The molecule has 0 aromatic carbocycles. The Hall–Kier alpha value is -1.33. The highest BCUT2D eigenvalue weighted by atomic mass is 32.2. The molecule has 3 rings (SSSR count). The molecule has 1 saturated carbocycles. The summed E-state index contributed by atoms with van der Waals surface area (Å²) in [4.78, 5) is 9.26. The Balaban J connectivity index is 2.11. The highest BCUT2D eigenvalue weighted by Crippen LogP contribution is 2.27. The zero-order chi connectivity index (χ0) is 17.8. The van der Waals surface area contributed by atoms with Crippen LogP contribution < -0.4 is 16.1 Å². The zero-order valence-electron chi connectivity index (χ0n) is 15.6. The van der Waals surface area contributed by atoms with Gasteiger partial charge in [-0.1, -0.05) is 31.4 Å². The molecule has 1 aliphatic heterocycles. The summed E-state index contributed by atoms with van der Waals surface area (Å²) in [5, 5.41) is 2.19. The molecule has 4 nitrogen and oxygen atoms in total. The summed E-state index contributed by atoms with van der Waals surface area (Å²) >= 11 is 1.84. The van der Waals surface area contributed by atoms with Crippen LogP contribution in [0.2, 0.25) is 0 Å². The van der Waals surface area contributed by atoms with E-state index in [4.69, 9.17) is 4.99 Å². The Morgan fingerprint density at radius 2 is 1.88 bits per heavy atom. The molecule has 1 aromatic rings. The van der Waals surface area contributed by atoms with Gasteiger partial charge in [0.1, 0.15) is 5.49 Å². The third-order valence-corrected chi connectivity index (χ3v) is 6.39. The van der Waals surface area contributed by atoms with E-state index in [9.17, 15) is 0 Å². The van der Waals surface area contributed by atoms with E-state index in [0.29, 0.717) is 12.1 Å². The molecule has 0 amide bonds. The molecule has 136 valence electrons. The average Bonchev–Trinajstić information content (AvgIpc) is 3.14. The molecule has 5 heteroatoms. The Labute approximate surface area is 155 Å². The normalized spacial score (nSPS) is 22.0. The van der Waals surface area contributed by atoms with Gasteiger partial charge in [-0.25, -0.2) is 0 Å². The smallest absolute Gasteiger partial charge is 0.137 e. The van der Waals surface area contributed by atoms with Crippen LogP contribution in [0.5, 0.6) is 0 Å². The maximum atomic E-state index is 5.22. The molecule has 2 heterocycles. The van der Waals surface area contributed by atoms with Crippen LogP contribution in [0.25, 0.3) is 12.8 Å². The Morgan fingerprint density at radius 1 is 1.20 bits per heavy atom. The number of rotatable bonds is 4. The molecule has 2 aliphatic rings. The Kier molecular flexibility index (Phi) is 6.18. The van der Waals surface area contributed by atoms with Gasteiger partial charge in [0.05, 0.1) is 6.04 Å². The topological polar surface area (TPSA) is 32.9 Å². The van der Waals surface area contributed by atoms with Crippen LogP contribution in [-0.2, 0) is 0 Å². The summed E-state index contributed by atoms with van der Waals surface area (Å²) in [7, 11) is 0. The number of piperidine rings is 1. The summed E-state index contributed by atoms with van der Waals surface area (Å²) < 4.78 is 4.83. The minimum Gasteiger partial charge on any atom is -0.323 e. The maximum Gasteiger partial charge on any atom is 0.137 e. The minimum absolute atomic E-state index is 0.384. The summed E-state index contributed by atoms with van der Waals surface area (Å²) in [6, 6.07) is 3.07. The number of hydrogen-bond donors (Lipinski definition) is 0. The van der Waals surface area contributed by atoms with Crippen LogP contribution in [0.15, 0.2) is 16.1 Å². The Morgan fingerprint density at radius 3 is 2.48 bits per heavy atom. The number of aromatic nitrogens is 1. The molecular weight excluding hydrogens is 328 g/mol. The highest BCUT2D eigenvalue weighted by molar-refractivity contribution is 7.96. The fourth-order valence-electron chi connectivity index (χ4n) is 4.05. The molecule has 1 aliphatic carbocycles. The molecular formula is C20H30N4S. The van der Waals surface area contributed by atoms with Crippen molar-refractivity contribution in [2.24, 2.45) is 9.98 Å². The fraction of sp³-hybridized carbons (Fsp3) is 0.600. The molecule has 2 fully saturated rings. The van der Waals surface area contributed by atoms with E-state index in [1.807, 2.05) is 18.1 Å². The highest BCUT2D eigenvalue weighted by Gasteiger charge is 2.21. The van der Waals surface area contributed by atoms with E-state index >= 15 is 0 Å². The molecule has 0 N–H and O–H groups in total. The zero-order valence-corrected chi connectivity index (χ0v) is 16.4. The van der Waals surface area contributed by atoms with Gasteiger partial charge < -0.3 is 4.57 Å². The van der Waals surface area contributed by atoms with Crippen LogP contribution in [0.1, 0.15) is 50.1 Å². The second-order valence-corrected chi connectivity index (χ2v) is 8.03. The van der Waals surface area contributed by atoms with Gasteiger partial charge in [0.25, 0.3) is 0 Å². The van der Waals surface area contributed by atoms with E-state index in [1.54, 1.807) is 0 Å². The number of pyridine rings is 1. The maximum absolute atomic E-state index is 5.22. The third-order valence-electron chi connectivity index (χ3n) is 5.51. The van der Waals surface area contributed by atoms with Crippen LogP contribution in [-0.4, -0.2) is 41.0 Å². The molecule has 1 saturated heterocycles. The molecule has 0 unspecified atom stereocenters. The van der Waals surface area contributed by atoms with Gasteiger partial charge in [0.15, 0.2) is 0 Å². The van der Waals surface area contributed by atoms with Crippen molar-refractivity contribution in [2.45, 2.75) is 57.5 Å². The standard InChI is InChI=1S/C20H30N4S/c1-15-13-17(14-21-3)20(22-18-9-11-23(25-4)12-10-18)24(16(15)2)19-7-5-6-8-19/h13-14,18-19H,2-3,5-12H2,1,4H3/b17-14-,22-20+. The second-order valence-electron chi connectivity index (χ2n) is 7.14. The number of nitrogens with zero attached hydrogens (tertiary/aromatic N) is 4. The van der Waals surface area contributed by atoms with Crippen LogP contribution in [0.4, 0.5) is 0 Å². The second kappa shape index (κ2) is 8.37. The molecule has 1 aromatic heterocycles. The predicted octanol–water partition coefficient (Wildman–Crippen LogP) is 2.40. The van der Waals surface area contributed by atoms with Crippen molar-refractivity contribution < 1.29 is 0 Å². The first-order chi connectivity index (χ1) is 12.1. The molecule has 0 spiro atoms. The summed E-state index contributed by atoms with van der Waals surface area (Å²) in [5.74, 6) is 0. The molecule has 0 bridgehead atoms. The van der Waals surface area contributed by atoms with Crippen molar-refractivity contribution in [3.8, 4) is 0 Å². The van der Waals surface area contributed by atoms with E-state index in [-0.39, 0.29) is 0 Å². The van der Waals surface area contributed by atoms with Gasteiger partial charge in [-0.15, -0.1) is 0 Å². The van der Waals surface area contributed by atoms with E-state index in [1.165, 1.54) is 31.2 Å². The quantitative estimate of drug-likeness (QED) is 0.612. The summed E-state index contributed by atoms with van der Waals surface area (Å²) in [5.41, 5.74) is 2.27. The van der Waals surface area contributed by atoms with Gasteiger partial charge >= 0.3 is 0 Å². The molecule has 25 heavy (non-hydrogen) atoms. The summed E-state index contributed by atoms with van der Waals surface area (Å²) in [6.07, 6.45) is 11.3. The molecule has 0 atom stereocenters. The van der Waals surface area contributed by atoms with Gasteiger partial charge in [0, 0.05) is 35.9 Å². The monoisotopic (exact) mass is 358 g/mol. The first-order valence-corrected chi connectivity index (χ1v) is 10.5. The summed E-state index contributed by atoms with van der Waals surface area (Å²) in [6.45, 7) is 12.4. The van der Waals surface area contributed by atoms with Gasteiger partial charge in [-0.05, 0) is 57.2 Å². The average molecular weight is 359 g/mol. The molecule has 0 radical (unpaired) electrons. The van der Waals surface area contributed by atoms with Crippen molar-refractivity contribution in [3.63, 3.8) is 0 Å². The lowest BCUT2D eigenvalue weighted by Gasteiger charge is -2.28. The van der Waals surface area contributed by atoms with E-state index in [0.717, 1.165) is 42.0 Å². The number of aliphatic imine (C=N–C) groups is 1. The SMILES string of the molecule is C=N/C=c1/cc(C)c(=C)n(C2CCCC2)/c1=N/C1CCN(SC)CC1. The largest absolute Gasteiger partial charge is 0.323 e. The lowest BCUT2D eigenvalue weighted by Crippen LogP contribution is -2.47. The van der Waals surface area contributed by atoms with Crippen molar-refractivity contribution in [1.82, 2.24) is 8.87 Å². The third kappa shape index (κ3) is 4.09. The predicted molar refractivity (Wildman–Crippen MR) is 109 cm³/mol. The van der Waals surface area contributed by atoms with Gasteiger partial charge in [0.2, 0.25) is 0 Å². The van der Waals surface area contributed by atoms with Gasteiger partial charge in [-0.3, -0.25) is 14.3 Å². The van der Waals surface area contributed by atoms with Crippen LogP contribution in [0, 0.1) is 6.92 Å². The lowest BCUT2D eigenvalue weighted by molar-refractivity contribution is 0.341. The van der Waals surface area contributed by atoms with Crippen molar-refractivity contribution in [1.29, 1.82) is 0 Å². The number of aryl methyl sites for hydroxylation is 1. The first kappa shape index (κ1) is 18.5. The fourth-order valence-corrected chi connectivity index (χ4v) is 4.63. The van der Waals surface area contributed by atoms with Crippen LogP contribution >= 0.6 is 11.9 Å². The first-order valence-electron chi connectivity index (χ1n) is 9.34. The van der Waals surface area contributed by atoms with Crippen LogP contribution in [0.3, 0.4) is 0 Å². The van der Waals surface area contributed by atoms with Crippen molar-refractivity contribution >= 4 is 31.4 Å². The van der Waals surface area contributed by atoms with E-state index < -0.39 is 0 Å². The van der Waals surface area contributed by atoms with Gasteiger partial charge in [-0.2, -0.15) is 0 Å².